The molecule has 1 aromatic carbocycles. The van der Waals surface area contributed by atoms with Crippen molar-refractivity contribution in [2.45, 2.75) is 33.4 Å². The highest BCUT2D eigenvalue weighted by Gasteiger charge is 2.10. The molecule has 0 aliphatic carbocycles. The minimum Gasteiger partial charge on any atom is -0.383 e. The summed E-state index contributed by atoms with van der Waals surface area (Å²) in [7, 11) is 3.37. The summed E-state index contributed by atoms with van der Waals surface area (Å²) in [6.45, 7) is 8.74. The van der Waals surface area contributed by atoms with Crippen LogP contribution in [0, 0.1) is 5.82 Å². The Labute approximate surface area is 162 Å². The molecule has 24 heavy (non-hydrogen) atoms. The number of rotatable bonds is 8. The first-order valence-corrected chi connectivity index (χ1v) is 8.05. The lowest BCUT2D eigenvalue weighted by atomic mass is 10.2. The third kappa shape index (κ3) is 7.21. The van der Waals surface area contributed by atoms with E-state index < -0.39 is 0 Å². The number of hydrogen-bond donors (Lipinski definition) is 2. The van der Waals surface area contributed by atoms with Crippen LogP contribution in [-0.2, 0) is 11.3 Å². The van der Waals surface area contributed by atoms with E-state index in [9.17, 15) is 4.39 Å². The van der Waals surface area contributed by atoms with Crippen molar-refractivity contribution in [3.8, 4) is 0 Å². The molecule has 0 heterocycles. The van der Waals surface area contributed by atoms with Crippen LogP contribution in [0.1, 0.15) is 26.3 Å². The second-order valence-electron chi connectivity index (χ2n) is 5.38. The molecule has 1 atom stereocenters. The third-order valence-corrected chi connectivity index (χ3v) is 3.60. The number of anilines is 1. The van der Waals surface area contributed by atoms with Crippen molar-refractivity contribution in [2.24, 2.45) is 4.99 Å². The molecule has 0 aliphatic rings. The lowest BCUT2D eigenvalue weighted by Gasteiger charge is -2.22. The first-order chi connectivity index (χ1) is 11.0. The van der Waals surface area contributed by atoms with E-state index in [1.54, 1.807) is 20.2 Å². The molecule has 1 aromatic rings. The van der Waals surface area contributed by atoms with E-state index in [1.807, 2.05) is 37.8 Å². The van der Waals surface area contributed by atoms with Gasteiger partial charge in [0, 0.05) is 39.8 Å². The van der Waals surface area contributed by atoms with Crippen molar-refractivity contribution in [2.75, 3.05) is 38.8 Å². The first kappa shape index (κ1) is 22.9. The highest BCUT2D eigenvalue weighted by atomic mass is 127. The number of hydrogen-bond acceptors (Lipinski definition) is 3. The summed E-state index contributed by atoms with van der Waals surface area (Å²) < 4.78 is 19.3. The number of nitrogens with zero attached hydrogens (tertiary/aromatic N) is 2. The predicted molar refractivity (Wildman–Crippen MR) is 110 cm³/mol. The molecule has 7 heteroatoms. The maximum Gasteiger partial charge on any atom is 0.191 e. The smallest absolute Gasteiger partial charge is 0.191 e. The van der Waals surface area contributed by atoms with Crippen LogP contribution in [0.15, 0.2) is 23.2 Å². The van der Waals surface area contributed by atoms with E-state index >= 15 is 0 Å². The van der Waals surface area contributed by atoms with E-state index in [0.29, 0.717) is 24.8 Å². The molecule has 0 saturated carbocycles. The monoisotopic (exact) mass is 452 g/mol. The second kappa shape index (κ2) is 12.3. The van der Waals surface area contributed by atoms with Crippen molar-refractivity contribution < 1.29 is 9.13 Å². The van der Waals surface area contributed by atoms with Gasteiger partial charge in [-0.05, 0) is 38.5 Å². The maximum absolute atomic E-state index is 14.3. The number of ether oxygens (including phenoxy) is 1. The Bertz CT molecular complexity index is 509. The molecule has 0 bridgehead atoms. The molecule has 138 valence electrons. The molecular formula is C17H30FIN4O. The highest BCUT2D eigenvalue weighted by molar-refractivity contribution is 14.0. The maximum atomic E-state index is 14.3. The highest BCUT2D eigenvalue weighted by Crippen LogP contribution is 2.20. The lowest BCUT2D eigenvalue weighted by molar-refractivity contribution is 0.179. The quantitative estimate of drug-likeness (QED) is 0.362. The Balaban J connectivity index is 0.00000529. The molecule has 2 N–H and O–H groups in total. The molecule has 0 radical (unpaired) electrons. The van der Waals surface area contributed by atoms with Gasteiger partial charge in [-0.3, -0.25) is 4.99 Å². The molecule has 1 unspecified atom stereocenters. The van der Waals surface area contributed by atoms with Crippen molar-refractivity contribution in [1.29, 1.82) is 0 Å². The summed E-state index contributed by atoms with van der Waals surface area (Å²) in [6.07, 6.45) is 0. The summed E-state index contributed by atoms with van der Waals surface area (Å²) in [5.74, 6) is 0.478. The average Bonchev–Trinajstić information content (AvgIpc) is 2.54. The summed E-state index contributed by atoms with van der Waals surface area (Å²) in [5.41, 5.74) is 1.52. The van der Waals surface area contributed by atoms with Gasteiger partial charge < -0.3 is 20.3 Å². The Morgan fingerprint density at radius 3 is 2.50 bits per heavy atom. The Morgan fingerprint density at radius 2 is 2.00 bits per heavy atom. The fraction of sp³-hybridized carbons (Fsp3) is 0.588. The van der Waals surface area contributed by atoms with Gasteiger partial charge in [-0.2, -0.15) is 0 Å². The van der Waals surface area contributed by atoms with Gasteiger partial charge in [0.05, 0.1) is 12.3 Å². The van der Waals surface area contributed by atoms with Crippen molar-refractivity contribution in [3.63, 3.8) is 0 Å². The van der Waals surface area contributed by atoms with E-state index in [4.69, 9.17) is 4.74 Å². The largest absolute Gasteiger partial charge is 0.383 e. The molecule has 0 aromatic heterocycles. The van der Waals surface area contributed by atoms with Crippen molar-refractivity contribution >= 4 is 35.6 Å². The molecule has 1 rings (SSSR count). The first-order valence-electron chi connectivity index (χ1n) is 8.05. The van der Waals surface area contributed by atoms with E-state index in [0.717, 1.165) is 18.7 Å². The van der Waals surface area contributed by atoms with Gasteiger partial charge in [-0.25, -0.2) is 4.39 Å². The van der Waals surface area contributed by atoms with Crippen LogP contribution < -0.4 is 15.5 Å². The SMILES string of the molecule is CCN(CC)c1ccc(CNC(=NC)NC(C)COC)cc1F.I. The predicted octanol–water partition coefficient (Wildman–Crippen LogP) is 2.99. The topological polar surface area (TPSA) is 48.9 Å². The van der Waals surface area contributed by atoms with E-state index in [-0.39, 0.29) is 35.8 Å². The molecule has 0 aliphatic heterocycles. The number of benzene rings is 1. The van der Waals surface area contributed by atoms with Gasteiger partial charge >= 0.3 is 0 Å². The average molecular weight is 452 g/mol. The van der Waals surface area contributed by atoms with Gasteiger partial charge in [-0.15, -0.1) is 24.0 Å². The number of nitrogens with one attached hydrogen (secondary N) is 2. The van der Waals surface area contributed by atoms with Gasteiger partial charge in [0.1, 0.15) is 5.82 Å². The standard InChI is InChI=1S/C17H29FN4O.HI/c1-6-22(7-2)16-9-8-14(10-15(16)18)11-20-17(19-4)21-13(3)12-23-5;/h8-10,13H,6-7,11-12H2,1-5H3,(H2,19,20,21);1H. The molecule has 0 fully saturated rings. The van der Waals surface area contributed by atoms with Crippen LogP contribution in [0.4, 0.5) is 10.1 Å². The number of methoxy groups -OCH3 is 1. The Morgan fingerprint density at radius 1 is 1.33 bits per heavy atom. The summed E-state index contributed by atoms with van der Waals surface area (Å²) >= 11 is 0. The molecule has 0 saturated heterocycles. The zero-order valence-corrected chi connectivity index (χ0v) is 17.6. The number of halogens is 2. The van der Waals surface area contributed by atoms with Gasteiger partial charge in [0.15, 0.2) is 5.96 Å². The van der Waals surface area contributed by atoms with Crippen LogP contribution in [0.5, 0.6) is 0 Å². The lowest BCUT2D eigenvalue weighted by Crippen LogP contribution is -2.43. The van der Waals surface area contributed by atoms with Crippen molar-refractivity contribution in [1.82, 2.24) is 10.6 Å². The minimum absolute atomic E-state index is 0. The summed E-state index contributed by atoms with van der Waals surface area (Å²) in [5, 5.41) is 6.39. The third-order valence-electron chi connectivity index (χ3n) is 3.60. The van der Waals surface area contributed by atoms with Crippen LogP contribution in [0.2, 0.25) is 0 Å². The van der Waals surface area contributed by atoms with E-state index in [1.165, 1.54) is 0 Å². The zero-order chi connectivity index (χ0) is 17.2. The summed E-state index contributed by atoms with van der Waals surface area (Å²) in [6, 6.07) is 5.50. The van der Waals surface area contributed by atoms with Crippen LogP contribution in [0.3, 0.4) is 0 Å². The fourth-order valence-corrected chi connectivity index (χ4v) is 2.39. The van der Waals surface area contributed by atoms with Crippen molar-refractivity contribution in [3.05, 3.63) is 29.6 Å². The fourth-order valence-electron chi connectivity index (χ4n) is 2.39. The molecule has 5 nitrogen and oxygen atoms in total. The van der Waals surface area contributed by atoms with Gasteiger partial charge in [0.2, 0.25) is 0 Å². The number of guanidine groups is 1. The molecular weight excluding hydrogens is 422 g/mol. The molecule has 0 spiro atoms. The van der Waals surface area contributed by atoms with Gasteiger partial charge in [0.25, 0.3) is 0 Å². The Kier molecular flexibility index (Phi) is 11.7. The zero-order valence-electron chi connectivity index (χ0n) is 15.2. The van der Waals surface area contributed by atoms with Crippen LogP contribution in [-0.4, -0.2) is 45.9 Å². The number of aliphatic imine (C=N–C) groups is 1. The molecule has 0 amide bonds. The summed E-state index contributed by atoms with van der Waals surface area (Å²) in [4.78, 5) is 6.16. The van der Waals surface area contributed by atoms with Gasteiger partial charge in [-0.1, -0.05) is 6.07 Å². The second-order valence-corrected chi connectivity index (χ2v) is 5.38. The Hall–Kier alpha value is -1.09. The van der Waals surface area contributed by atoms with E-state index in [2.05, 4.69) is 15.6 Å². The van der Waals surface area contributed by atoms with Crippen LogP contribution in [0.25, 0.3) is 0 Å². The normalized spacial score (nSPS) is 12.3. The minimum atomic E-state index is -0.191. The van der Waals surface area contributed by atoms with Crippen LogP contribution >= 0.6 is 24.0 Å².